The summed E-state index contributed by atoms with van der Waals surface area (Å²) in [6.07, 6.45) is 0.958. The Morgan fingerprint density at radius 3 is 2.53 bits per heavy atom. The van der Waals surface area contributed by atoms with Crippen LogP contribution in [0.15, 0.2) is 0 Å². The standard InChI is InChI=1S/C13H21NO2S/c1-8(2)7-10-9(3)17-11(14-10)13(4,5)12(15)16-6/h8H,7H2,1-6H3. The molecular formula is C13H21NO2S. The van der Waals surface area contributed by atoms with E-state index in [1.54, 1.807) is 11.3 Å². The van der Waals surface area contributed by atoms with Crippen LogP contribution in [0.4, 0.5) is 0 Å². The molecule has 0 aliphatic heterocycles. The van der Waals surface area contributed by atoms with Crippen molar-refractivity contribution in [3.8, 4) is 0 Å². The number of rotatable bonds is 4. The summed E-state index contributed by atoms with van der Waals surface area (Å²) in [5, 5.41) is 0.845. The van der Waals surface area contributed by atoms with Gasteiger partial charge in [-0.15, -0.1) is 11.3 Å². The number of aromatic nitrogens is 1. The first kappa shape index (κ1) is 14.2. The third-order valence-corrected chi connectivity index (χ3v) is 4.06. The van der Waals surface area contributed by atoms with Crippen molar-refractivity contribution in [1.82, 2.24) is 4.98 Å². The van der Waals surface area contributed by atoms with E-state index in [1.807, 2.05) is 13.8 Å². The number of carbonyl (C=O) groups is 1. The minimum Gasteiger partial charge on any atom is -0.468 e. The Bertz CT molecular complexity index is 408. The predicted molar refractivity (Wildman–Crippen MR) is 70.4 cm³/mol. The second-order valence-corrected chi connectivity index (χ2v) is 6.44. The van der Waals surface area contributed by atoms with E-state index in [9.17, 15) is 4.79 Å². The third-order valence-electron chi connectivity index (χ3n) is 2.72. The van der Waals surface area contributed by atoms with E-state index in [2.05, 4.69) is 25.8 Å². The van der Waals surface area contributed by atoms with E-state index in [0.29, 0.717) is 5.92 Å². The molecule has 1 aromatic heterocycles. The Balaban J connectivity index is 3.04. The van der Waals surface area contributed by atoms with Gasteiger partial charge < -0.3 is 4.74 Å². The van der Waals surface area contributed by atoms with Crippen LogP contribution in [0.25, 0.3) is 0 Å². The fraction of sp³-hybridized carbons (Fsp3) is 0.692. The van der Waals surface area contributed by atoms with Gasteiger partial charge in [0, 0.05) is 4.88 Å². The maximum atomic E-state index is 11.7. The van der Waals surface area contributed by atoms with Crippen molar-refractivity contribution in [3.05, 3.63) is 15.6 Å². The van der Waals surface area contributed by atoms with E-state index >= 15 is 0 Å². The number of esters is 1. The van der Waals surface area contributed by atoms with Crippen molar-refractivity contribution in [1.29, 1.82) is 0 Å². The van der Waals surface area contributed by atoms with E-state index in [-0.39, 0.29) is 5.97 Å². The lowest BCUT2D eigenvalue weighted by atomic mass is 9.95. The highest BCUT2D eigenvalue weighted by Gasteiger charge is 2.34. The molecule has 0 aliphatic rings. The summed E-state index contributed by atoms with van der Waals surface area (Å²) >= 11 is 1.60. The molecular weight excluding hydrogens is 234 g/mol. The minimum absolute atomic E-state index is 0.234. The predicted octanol–water partition coefficient (Wildman–Crippen LogP) is 3.10. The first-order valence-electron chi connectivity index (χ1n) is 5.84. The van der Waals surface area contributed by atoms with Gasteiger partial charge >= 0.3 is 5.97 Å². The van der Waals surface area contributed by atoms with Crippen molar-refractivity contribution < 1.29 is 9.53 Å². The fourth-order valence-electron chi connectivity index (χ4n) is 1.61. The Hall–Kier alpha value is -0.900. The number of thiazole rings is 1. The molecule has 1 heterocycles. The van der Waals surface area contributed by atoms with E-state index < -0.39 is 5.41 Å². The average molecular weight is 255 g/mol. The zero-order chi connectivity index (χ0) is 13.2. The van der Waals surface area contributed by atoms with Crippen LogP contribution >= 0.6 is 11.3 Å². The summed E-state index contributed by atoms with van der Waals surface area (Å²) in [6.45, 7) is 10.1. The lowest BCUT2D eigenvalue weighted by Gasteiger charge is -2.18. The van der Waals surface area contributed by atoms with Gasteiger partial charge in [0.25, 0.3) is 0 Å². The largest absolute Gasteiger partial charge is 0.468 e. The number of carbonyl (C=O) groups excluding carboxylic acids is 1. The summed E-state index contributed by atoms with van der Waals surface area (Å²) < 4.78 is 4.83. The molecule has 0 spiro atoms. The van der Waals surface area contributed by atoms with Crippen LogP contribution in [0.5, 0.6) is 0 Å². The number of hydrogen-bond donors (Lipinski definition) is 0. The van der Waals surface area contributed by atoms with Crippen LogP contribution in [0.1, 0.15) is 43.3 Å². The van der Waals surface area contributed by atoms with Crippen molar-refractivity contribution in [3.63, 3.8) is 0 Å². The molecule has 4 heteroatoms. The maximum absolute atomic E-state index is 11.7. The smallest absolute Gasteiger partial charge is 0.318 e. The quantitative estimate of drug-likeness (QED) is 0.776. The molecule has 0 aromatic carbocycles. The second-order valence-electron chi connectivity index (χ2n) is 5.24. The summed E-state index contributed by atoms with van der Waals surface area (Å²) in [7, 11) is 1.42. The molecule has 1 rings (SSSR count). The van der Waals surface area contributed by atoms with Crippen LogP contribution in [-0.4, -0.2) is 18.1 Å². The summed E-state index contributed by atoms with van der Waals surface area (Å²) in [5.74, 6) is 0.340. The molecule has 96 valence electrons. The van der Waals surface area contributed by atoms with Crippen LogP contribution in [0.3, 0.4) is 0 Å². The van der Waals surface area contributed by atoms with Gasteiger partial charge in [0.05, 0.1) is 12.8 Å². The molecule has 3 nitrogen and oxygen atoms in total. The zero-order valence-corrected chi connectivity index (χ0v) is 12.3. The van der Waals surface area contributed by atoms with Crippen LogP contribution in [0.2, 0.25) is 0 Å². The molecule has 17 heavy (non-hydrogen) atoms. The molecule has 0 saturated heterocycles. The molecule has 0 atom stereocenters. The monoisotopic (exact) mass is 255 g/mol. The number of ether oxygens (including phenoxy) is 1. The number of nitrogens with zero attached hydrogens (tertiary/aromatic N) is 1. The molecule has 0 fully saturated rings. The maximum Gasteiger partial charge on any atom is 0.318 e. The second kappa shape index (κ2) is 5.17. The van der Waals surface area contributed by atoms with Gasteiger partial charge in [-0.3, -0.25) is 4.79 Å². The normalized spacial score (nSPS) is 11.9. The molecule has 0 N–H and O–H groups in total. The molecule has 0 bridgehead atoms. The number of methoxy groups -OCH3 is 1. The molecule has 0 unspecified atom stereocenters. The molecule has 0 aliphatic carbocycles. The van der Waals surface area contributed by atoms with Crippen LogP contribution in [0, 0.1) is 12.8 Å². The van der Waals surface area contributed by atoms with E-state index in [0.717, 1.165) is 17.1 Å². The van der Waals surface area contributed by atoms with Gasteiger partial charge in [-0.05, 0) is 33.1 Å². The topological polar surface area (TPSA) is 39.2 Å². The molecule has 0 amide bonds. The molecule has 1 aromatic rings. The van der Waals surface area contributed by atoms with Gasteiger partial charge in [0.15, 0.2) is 0 Å². The molecule has 0 saturated carbocycles. The highest BCUT2D eigenvalue weighted by atomic mass is 32.1. The fourth-order valence-corrected chi connectivity index (χ4v) is 2.65. The van der Waals surface area contributed by atoms with E-state index in [1.165, 1.54) is 12.0 Å². The Morgan fingerprint density at radius 2 is 2.06 bits per heavy atom. The van der Waals surface area contributed by atoms with Crippen LogP contribution < -0.4 is 0 Å². The Labute approximate surface area is 107 Å². The minimum atomic E-state index is -0.653. The number of hydrogen-bond acceptors (Lipinski definition) is 4. The zero-order valence-electron chi connectivity index (χ0n) is 11.5. The summed E-state index contributed by atoms with van der Waals surface area (Å²) in [5.41, 5.74) is 0.455. The Kier molecular flexibility index (Phi) is 4.31. The first-order chi connectivity index (χ1) is 7.78. The lowest BCUT2D eigenvalue weighted by molar-refractivity contribution is -0.146. The van der Waals surface area contributed by atoms with Crippen molar-refractivity contribution >= 4 is 17.3 Å². The van der Waals surface area contributed by atoms with Gasteiger partial charge in [0.1, 0.15) is 10.4 Å². The van der Waals surface area contributed by atoms with Crippen molar-refractivity contribution in [2.24, 2.45) is 5.92 Å². The third kappa shape index (κ3) is 3.06. The SMILES string of the molecule is COC(=O)C(C)(C)c1nc(CC(C)C)c(C)s1. The first-order valence-corrected chi connectivity index (χ1v) is 6.65. The average Bonchev–Trinajstić information content (AvgIpc) is 2.59. The van der Waals surface area contributed by atoms with Crippen molar-refractivity contribution in [2.75, 3.05) is 7.11 Å². The summed E-state index contributed by atoms with van der Waals surface area (Å²) in [4.78, 5) is 17.5. The van der Waals surface area contributed by atoms with Crippen LogP contribution in [-0.2, 0) is 21.4 Å². The van der Waals surface area contributed by atoms with Gasteiger partial charge in [-0.2, -0.15) is 0 Å². The molecule has 0 radical (unpaired) electrons. The van der Waals surface area contributed by atoms with Crippen molar-refractivity contribution in [2.45, 2.75) is 46.5 Å². The van der Waals surface area contributed by atoms with Gasteiger partial charge in [0.2, 0.25) is 0 Å². The highest BCUT2D eigenvalue weighted by molar-refractivity contribution is 7.12. The highest BCUT2D eigenvalue weighted by Crippen LogP contribution is 2.31. The van der Waals surface area contributed by atoms with Gasteiger partial charge in [-0.25, -0.2) is 4.98 Å². The number of aryl methyl sites for hydroxylation is 1. The Morgan fingerprint density at radius 1 is 1.47 bits per heavy atom. The lowest BCUT2D eigenvalue weighted by Crippen LogP contribution is -2.30. The van der Waals surface area contributed by atoms with E-state index in [4.69, 9.17) is 4.74 Å². The summed E-state index contributed by atoms with van der Waals surface area (Å²) in [6, 6.07) is 0. The van der Waals surface area contributed by atoms with Gasteiger partial charge in [-0.1, -0.05) is 13.8 Å².